The minimum absolute atomic E-state index is 0.0511. The van der Waals surface area contributed by atoms with Crippen molar-refractivity contribution in [2.24, 2.45) is 5.41 Å². The largest absolute Gasteiger partial charge is 0.330 e. The molecule has 32 heavy (non-hydrogen) atoms. The van der Waals surface area contributed by atoms with Gasteiger partial charge in [-0.3, -0.25) is 14.4 Å². The number of imidazole rings is 1. The SMILES string of the molecule is CC(C)c1nccn1Cc1cccc(NC(=O)c2cc3c([nH]c2=O)CC(C)(C)CC3=O)c1. The lowest BCUT2D eigenvalue weighted by atomic mass is 9.75. The molecule has 0 unspecified atom stereocenters. The average Bonchev–Trinajstić information content (AvgIpc) is 3.15. The van der Waals surface area contributed by atoms with Crippen LogP contribution >= 0.6 is 0 Å². The molecule has 1 aliphatic carbocycles. The topological polar surface area (TPSA) is 96.8 Å². The van der Waals surface area contributed by atoms with Crippen molar-refractivity contribution in [3.05, 3.63) is 81.3 Å². The predicted molar refractivity (Wildman–Crippen MR) is 123 cm³/mol. The molecule has 0 saturated heterocycles. The van der Waals surface area contributed by atoms with E-state index >= 15 is 0 Å². The van der Waals surface area contributed by atoms with Gasteiger partial charge in [0.2, 0.25) is 0 Å². The van der Waals surface area contributed by atoms with Crippen LogP contribution in [0, 0.1) is 5.41 Å². The van der Waals surface area contributed by atoms with E-state index in [1.807, 2.05) is 38.2 Å². The Labute approximate surface area is 186 Å². The van der Waals surface area contributed by atoms with E-state index in [2.05, 4.69) is 33.7 Å². The van der Waals surface area contributed by atoms with Gasteiger partial charge in [0, 0.05) is 48.2 Å². The van der Waals surface area contributed by atoms with E-state index in [1.54, 1.807) is 12.3 Å². The smallest absolute Gasteiger partial charge is 0.261 e. The fourth-order valence-electron chi connectivity index (χ4n) is 4.29. The van der Waals surface area contributed by atoms with Crippen LogP contribution in [0.15, 0.2) is 47.5 Å². The number of aromatic nitrogens is 3. The van der Waals surface area contributed by atoms with Gasteiger partial charge in [-0.15, -0.1) is 0 Å². The number of rotatable bonds is 5. The number of hydrogen-bond donors (Lipinski definition) is 2. The van der Waals surface area contributed by atoms with Crippen LogP contribution in [0.4, 0.5) is 5.69 Å². The van der Waals surface area contributed by atoms with Gasteiger partial charge >= 0.3 is 0 Å². The highest BCUT2D eigenvalue weighted by Gasteiger charge is 2.32. The van der Waals surface area contributed by atoms with Crippen LogP contribution in [0.3, 0.4) is 0 Å². The molecule has 166 valence electrons. The Kier molecular flexibility index (Phi) is 5.59. The zero-order valence-electron chi connectivity index (χ0n) is 18.9. The summed E-state index contributed by atoms with van der Waals surface area (Å²) in [4.78, 5) is 45.2. The Bertz CT molecular complexity index is 1250. The Morgan fingerprint density at radius 1 is 1.22 bits per heavy atom. The molecule has 2 heterocycles. The maximum atomic E-state index is 12.9. The van der Waals surface area contributed by atoms with Crippen LogP contribution in [0.5, 0.6) is 0 Å². The van der Waals surface area contributed by atoms with Crippen LogP contribution < -0.4 is 10.9 Å². The van der Waals surface area contributed by atoms with Crippen molar-refractivity contribution in [3.63, 3.8) is 0 Å². The van der Waals surface area contributed by atoms with E-state index in [1.165, 1.54) is 6.07 Å². The Balaban J connectivity index is 1.56. The number of nitrogens with zero attached hydrogens (tertiary/aromatic N) is 2. The number of carbonyl (C=O) groups is 2. The van der Waals surface area contributed by atoms with Crippen LogP contribution in [-0.2, 0) is 13.0 Å². The number of carbonyl (C=O) groups excluding carboxylic acids is 2. The van der Waals surface area contributed by atoms with E-state index in [0.717, 1.165) is 11.4 Å². The first-order valence-electron chi connectivity index (χ1n) is 10.8. The Hall–Kier alpha value is -3.48. The molecule has 0 radical (unpaired) electrons. The molecule has 1 aromatic carbocycles. The van der Waals surface area contributed by atoms with Gasteiger partial charge in [0.15, 0.2) is 5.78 Å². The molecule has 2 N–H and O–H groups in total. The predicted octanol–water partition coefficient (Wildman–Crippen LogP) is 4.15. The number of Topliss-reactive ketones (excluding diaryl/α,β-unsaturated/α-hetero) is 1. The van der Waals surface area contributed by atoms with Gasteiger partial charge in [0.25, 0.3) is 11.5 Å². The van der Waals surface area contributed by atoms with Gasteiger partial charge in [0.1, 0.15) is 11.4 Å². The lowest BCUT2D eigenvalue weighted by Gasteiger charge is -2.29. The molecule has 0 spiro atoms. The van der Waals surface area contributed by atoms with Crippen LogP contribution in [0.2, 0.25) is 0 Å². The van der Waals surface area contributed by atoms with Crippen molar-refractivity contribution in [1.82, 2.24) is 14.5 Å². The quantitative estimate of drug-likeness (QED) is 0.633. The number of amides is 1. The summed E-state index contributed by atoms with van der Waals surface area (Å²) in [5.41, 5.74) is 1.88. The molecule has 1 amide bonds. The van der Waals surface area contributed by atoms with Gasteiger partial charge in [0.05, 0.1) is 0 Å². The highest BCUT2D eigenvalue weighted by atomic mass is 16.2. The summed E-state index contributed by atoms with van der Waals surface area (Å²) in [5, 5.41) is 2.80. The fourth-order valence-corrected chi connectivity index (χ4v) is 4.29. The lowest BCUT2D eigenvalue weighted by Crippen LogP contribution is -2.32. The molecule has 2 aromatic heterocycles. The van der Waals surface area contributed by atoms with Gasteiger partial charge < -0.3 is 14.9 Å². The number of aromatic amines is 1. The number of ketones is 1. The molecule has 0 saturated carbocycles. The third-order valence-electron chi connectivity index (χ3n) is 5.76. The monoisotopic (exact) mass is 432 g/mol. The first-order valence-corrected chi connectivity index (χ1v) is 10.8. The van der Waals surface area contributed by atoms with E-state index in [9.17, 15) is 14.4 Å². The Morgan fingerprint density at radius 2 is 2.00 bits per heavy atom. The van der Waals surface area contributed by atoms with Gasteiger partial charge in [-0.25, -0.2) is 4.98 Å². The standard InChI is InChI=1S/C25H28N4O3/c1-15(2)22-26-8-9-29(22)14-16-6-5-7-17(10-16)27-23(31)19-11-18-20(28-24(19)32)12-25(3,4)13-21(18)30/h5-11,15H,12-14H2,1-4H3,(H,27,31)(H,28,32). The lowest BCUT2D eigenvalue weighted by molar-refractivity contribution is 0.0910. The average molecular weight is 433 g/mol. The second kappa shape index (κ2) is 8.22. The third-order valence-corrected chi connectivity index (χ3v) is 5.76. The molecule has 3 aromatic rings. The maximum Gasteiger partial charge on any atom is 0.261 e. The fraction of sp³-hybridized carbons (Fsp3) is 0.360. The van der Waals surface area contributed by atoms with E-state index in [0.29, 0.717) is 42.2 Å². The summed E-state index contributed by atoms with van der Waals surface area (Å²) in [6, 6.07) is 8.93. The molecular weight excluding hydrogens is 404 g/mol. The molecule has 0 fully saturated rings. The van der Waals surface area contributed by atoms with Crippen molar-refractivity contribution in [3.8, 4) is 0 Å². The first-order chi connectivity index (χ1) is 15.1. The summed E-state index contributed by atoms with van der Waals surface area (Å²) < 4.78 is 2.08. The number of H-pyrrole nitrogens is 1. The van der Waals surface area contributed by atoms with Gasteiger partial charge in [-0.1, -0.05) is 39.8 Å². The summed E-state index contributed by atoms with van der Waals surface area (Å²) >= 11 is 0. The van der Waals surface area contributed by atoms with Crippen molar-refractivity contribution >= 4 is 17.4 Å². The zero-order chi connectivity index (χ0) is 23.0. The number of pyridine rings is 1. The molecule has 0 aliphatic heterocycles. The van der Waals surface area contributed by atoms with Crippen LogP contribution in [-0.4, -0.2) is 26.2 Å². The van der Waals surface area contributed by atoms with Gasteiger partial charge in [-0.2, -0.15) is 0 Å². The van der Waals surface area contributed by atoms with E-state index in [-0.39, 0.29) is 16.8 Å². The minimum Gasteiger partial charge on any atom is -0.330 e. The number of nitrogens with one attached hydrogen (secondary N) is 2. The molecular formula is C25H28N4O3. The minimum atomic E-state index is -0.533. The van der Waals surface area contributed by atoms with Crippen LogP contribution in [0.1, 0.15) is 77.8 Å². The van der Waals surface area contributed by atoms with Crippen molar-refractivity contribution in [1.29, 1.82) is 0 Å². The van der Waals surface area contributed by atoms with Gasteiger partial charge in [-0.05, 0) is 35.6 Å². The van der Waals surface area contributed by atoms with E-state index in [4.69, 9.17) is 0 Å². The van der Waals surface area contributed by atoms with Crippen molar-refractivity contribution < 1.29 is 9.59 Å². The highest BCUT2D eigenvalue weighted by Crippen LogP contribution is 2.33. The highest BCUT2D eigenvalue weighted by molar-refractivity contribution is 6.06. The summed E-state index contributed by atoms with van der Waals surface area (Å²) in [6.07, 6.45) is 4.71. The summed E-state index contributed by atoms with van der Waals surface area (Å²) in [7, 11) is 0. The molecule has 1 aliphatic rings. The van der Waals surface area contributed by atoms with Crippen molar-refractivity contribution in [2.45, 2.75) is 53.0 Å². The summed E-state index contributed by atoms with van der Waals surface area (Å²) in [6.45, 7) is 8.80. The molecule has 4 rings (SSSR count). The number of fused-ring (bicyclic) bond motifs is 1. The second-order valence-electron chi connectivity index (χ2n) is 9.57. The second-order valence-corrected chi connectivity index (χ2v) is 9.57. The van der Waals surface area contributed by atoms with Crippen molar-refractivity contribution in [2.75, 3.05) is 5.32 Å². The summed E-state index contributed by atoms with van der Waals surface area (Å²) in [5.74, 6) is 0.712. The Morgan fingerprint density at radius 3 is 2.75 bits per heavy atom. The molecule has 7 heteroatoms. The maximum absolute atomic E-state index is 12.9. The number of anilines is 1. The molecule has 7 nitrogen and oxygen atoms in total. The first kappa shape index (κ1) is 21.7. The molecule has 0 atom stereocenters. The normalized spacial score (nSPS) is 15.0. The third kappa shape index (κ3) is 4.42. The molecule has 0 bridgehead atoms. The van der Waals surface area contributed by atoms with E-state index < -0.39 is 11.5 Å². The zero-order valence-corrected chi connectivity index (χ0v) is 18.9. The van der Waals surface area contributed by atoms with Crippen LogP contribution in [0.25, 0.3) is 0 Å². The number of benzene rings is 1. The number of hydrogen-bond acceptors (Lipinski definition) is 4.